The zero-order valence-corrected chi connectivity index (χ0v) is 23.6. The lowest BCUT2D eigenvalue weighted by molar-refractivity contribution is -0.150. The minimum Gasteiger partial charge on any atom is -0.481 e. The Morgan fingerprint density at radius 3 is 1.34 bits per heavy atom. The summed E-state index contributed by atoms with van der Waals surface area (Å²) in [5.74, 6) is -0.667. The van der Waals surface area contributed by atoms with E-state index in [0.29, 0.717) is 12.8 Å². The third-order valence-electron chi connectivity index (χ3n) is 7.06. The normalized spacial score (nSPS) is 12.1. The number of esters is 1. The third-order valence-corrected chi connectivity index (χ3v) is 7.06. The zero-order chi connectivity index (χ0) is 25.8. The van der Waals surface area contributed by atoms with E-state index in [0.717, 1.165) is 57.8 Å². The maximum atomic E-state index is 12.3. The van der Waals surface area contributed by atoms with Crippen LogP contribution in [0.1, 0.15) is 181 Å². The van der Waals surface area contributed by atoms with Gasteiger partial charge in [0, 0.05) is 12.8 Å². The third kappa shape index (κ3) is 27.4. The quantitative estimate of drug-likeness (QED) is 0.0864. The van der Waals surface area contributed by atoms with Gasteiger partial charge in [-0.15, -0.1) is 0 Å². The Morgan fingerprint density at radius 2 is 0.914 bits per heavy atom. The summed E-state index contributed by atoms with van der Waals surface area (Å²) >= 11 is 0. The van der Waals surface area contributed by atoms with E-state index in [9.17, 15) is 9.59 Å². The Labute approximate surface area is 218 Å². The Bertz CT molecular complexity index is 463. The summed E-state index contributed by atoms with van der Waals surface area (Å²) < 4.78 is 5.81. The van der Waals surface area contributed by atoms with Gasteiger partial charge in [0.25, 0.3) is 0 Å². The molecule has 35 heavy (non-hydrogen) atoms. The molecule has 0 radical (unpaired) electrons. The van der Waals surface area contributed by atoms with E-state index in [1.54, 1.807) is 0 Å². The van der Waals surface area contributed by atoms with Crippen molar-refractivity contribution in [1.29, 1.82) is 0 Å². The summed E-state index contributed by atoms with van der Waals surface area (Å²) in [6.07, 6.45) is 30.2. The molecule has 0 rings (SSSR count). The fourth-order valence-corrected chi connectivity index (χ4v) is 4.82. The summed E-state index contributed by atoms with van der Waals surface area (Å²) in [6.45, 7) is 4.44. The van der Waals surface area contributed by atoms with Crippen molar-refractivity contribution in [2.75, 3.05) is 0 Å². The van der Waals surface area contributed by atoms with E-state index < -0.39 is 5.97 Å². The molecule has 1 N–H and O–H groups in total. The van der Waals surface area contributed by atoms with Crippen LogP contribution in [-0.2, 0) is 14.3 Å². The predicted molar refractivity (Wildman–Crippen MR) is 149 cm³/mol. The zero-order valence-electron chi connectivity index (χ0n) is 23.6. The molecule has 0 fully saturated rings. The largest absolute Gasteiger partial charge is 0.481 e. The summed E-state index contributed by atoms with van der Waals surface area (Å²) in [5, 5.41) is 8.64. The van der Waals surface area contributed by atoms with E-state index in [1.165, 1.54) is 96.3 Å². The first-order chi connectivity index (χ1) is 17.1. The maximum absolute atomic E-state index is 12.3. The van der Waals surface area contributed by atoms with E-state index in [-0.39, 0.29) is 12.1 Å². The number of aliphatic carboxylic acids is 1. The topological polar surface area (TPSA) is 63.6 Å². The molecule has 0 aliphatic heterocycles. The average molecular weight is 497 g/mol. The molecule has 1 atom stereocenters. The van der Waals surface area contributed by atoms with Crippen molar-refractivity contribution >= 4 is 11.9 Å². The molecule has 1 unspecified atom stereocenters. The lowest BCUT2D eigenvalue weighted by atomic mass is 10.0. The van der Waals surface area contributed by atoms with Gasteiger partial charge in [-0.05, 0) is 32.1 Å². The van der Waals surface area contributed by atoms with Gasteiger partial charge >= 0.3 is 11.9 Å². The lowest BCUT2D eigenvalue weighted by Gasteiger charge is -2.17. The van der Waals surface area contributed by atoms with Crippen LogP contribution in [-0.4, -0.2) is 23.1 Å². The number of ether oxygens (including phenoxy) is 1. The standard InChI is InChI=1S/C31H60O4/c1-3-5-6-7-8-9-10-11-15-18-21-24-28-31(34)35-29(25-4-2)26-22-19-16-13-12-14-17-20-23-27-30(32)33/h29H,3-28H2,1-2H3,(H,32,33). The first kappa shape index (κ1) is 33.9. The van der Waals surface area contributed by atoms with E-state index in [4.69, 9.17) is 9.84 Å². The summed E-state index contributed by atoms with van der Waals surface area (Å²) in [6, 6.07) is 0. The average Bonchev–Trinajstić information content (AvgIpc) is 2.83. The number of unbranched alkanes of at least 4 members (excludes halogenated alkanes) is 19. The lowest BCUT2D eigenvalue weighted by Crippen LogP contribution is -2.18. The van der Waals surface area contributed by atoms with Crippen LogP contribution in [0.15, 0.2) is 0 Å². The molecule has 0 spiro atoms. The van der Waals surface area contributed by atoms with Gasteiger partial charge in [0.15, 0.2) is 0 Å². The number of carbonyl (C=O) groups is 2. The van der Waals surface area contributed by atoms with Crippen molar-refractivity contribution in [3.63, 3.8) is 0 Å². The van der Waals surface area contributed by atoms with Crippen molar-refractivity contribution in [2.45, 2.75) is 187 Å². The second-order valence-corrected chi connectivity index (χ2v) is 10.7. The van der Waals surface area contributed by atoms with Crippen LogP contribution in [0.4, 0.5) is 0 Å². The molecule has 0 amide bonds. The summed E-state index contributed by atoms with van der Waals surface area (Å²) in [7, 11) is 0. The van der Waals surface area contributed by atoms with Gasteiger partial charge < -0.3 is 9.84 Å². The summed E-state index contributed by atoms with van der Waals surface area (Å²) in [5.41, 5.74) is 0. The van der Waals surface area contributed by atoms with Crippen molar-refractivity contribution in [3.05, 3.63) is 0 Å². The van der Waals surface area contributed by atoms with Crippen molar-refractivity contribution in [3.8, 4) is 0 Å². The predicted octanol–water partition coefficient (Wildman–Crippen LogP) is 10.2. The van der Waals surface area contributed by atoms with Gasteiger partial charge in [0.1, 0.15) is 6.10 Å². The van der Waals surface area contributed by atoms with Gasteiger partial charge in [-0.3, -0.25) is 9.59 Å². The van der Waals surface area contributed by atoms with Crippen LogP contribution in [0, 0.1) is 0 Å². The second-order valence-electron chi connectivity index (χ2n) is 10.7. The Morgan fingerprint density at radius 1 is 0.514 bits per heavy atom. The smallest absolute Gasteiger partial charge is 0.306 e. The van der Waals surface area contributed by atoms with Gasteiger partial charge in [-0.2, -0.15) is 0 Å². The summed E-state index contributed by atoms with van der Waals surface area (Å²) in [4.78, 5) is 22.8. The first-order valence-electron chi connectivity index (χ1n) is 15.5. The van der Waals surface area contributed by atoms with Crippen molar-refractivity contribution < 1.29 is 19.4 Å². The SMILES string of the molecule is CCCCCCCCCCCCCCC(=O)OC(CCC)CCCCCCCCCCCC(=O)O. The molecule has 4 nitrogen and oxygen atoms in total. The molecule has 0 bridgehead atoms. The number of carbonyl (C=O) groups excluding carboxylic acids is 1. The molecule has 0 aliphatic carbocycles. The molecule has 4 heteroatoms. The van der Waals surface area contributed by atoms with Gasteiger partial charge in [0.05, 0.1) is 0 Å². The number of hydrogen-bond acceptors (Lipinski definition) is 3. The highest BCUT2D eigenvalue weighted by Gasteiger charge is 2.13. The molecule has 0 aromatic rings. The Hall–Kier alpha value is -1.06. The fourth-order valence-electron chi connectivity index (χ4n) is 4.82. The highest BCUT2D eigenvalue weighted by atomic mass is 16.5. The van der Waals surface area contributed by atoms with Crippen LogP contribution in [0.5, 0.6) is 0 Å². The molecular formula is C31H60O4. The van der Waals surface area contributed by atoms with Crippen LogP contribution in [0.2, 0.25) is 0 Å². The van der Waals surface area contributed by atoms with E-state index >= 15 is 0 Å². The minimum atomic E-state index is -0.679. The van der Waals surface area contributed by atoms with Crippen LogP contribution >= 0.6 is 0 Å². The highest BCUT2D eigenvalue weighted by Crippen LogP contribution is 2.17. The van der Waals surface area contributed by atoms with Crippen LogP contribution < -0.4 is 0 Å². The molecule has 0 aliphatic rings. The molecule has 208 valence electrons. The van der Waals surface area contributed by atoms with E-state index in [2.05, 4.69) is 13.8 Å². The molecule has 0 saturated heterocycles. The first-order valence-corrected chi connectivity index (χ1v) is 15.5. The minimum absolute atomic E-state index is 0.0124. The van der Waals surface area contributed by atoms with E-state index in [1.807, 2.05) is 0 Å². The number of carboxylic acids is 1. The molecule has 0 heterocycles. The number of hydrogen-bond donors (Lipinski definition) is 1. The highest BCUT2D eigenvalue weighted by molar-refractivity contribution is 5.69. The van der Waals surface area contributed by atoms with Crippen molar-refractivity contribution in [1.82, 2.24) is 0 Å². The molecular weight excluding hydrogens is 436 g/mol. The fraction of sp³-hybridized carbons (Fsp3) is 0.935. The molecule has 0 saturated carbocycles. The monoisotopic (exact) mass is 496 g/mol. The van der Waals surface area contributed by atoms with Crippen molar-refractivity contribution in [2.24, 2.45) is 0 Å². The van der Waals surface area contributed by atoms with Crippen LogP contribution in [0.25, 0.3) is 0 Å². The molecule has 0 aromatic carbocycles. The number of carboxylic acid groups (broad SMARTS) is 1. The molecule has 0 aromatic heterocycles. The maximum Gasteiger partial charge on any atom is 0.306 e. The van der Waals surface area contributed by atoms with Gasteiger partial charge in [-0.25, -0.2) is 0 Å². The second kappa shape index (κ2) is 27.5. The van der Waals surface area contributed by atoms with Gasteiger partial charge in [0.2, 0.25) is 0 Å². The van der Waals surface area contributed by atoms with Gasteiger partial charge in [-0.1, -0.05) is 136 Å². The number of rotatable bonds is 28. The Kier molecular flexibility index (Phi) is 26.7. The Balaban J connectivity index is 3.56. The van der Waals surface area contributed by atoms with Crippen LogP contribution in [0.3, 0.4) is 0 Å².